The van der Waals surface area contributed by atoms with Gasteiger partial charge >= 0.3 is 0 Å². The number of carbonyl (C=O) groups excluding carboxylic acids is 1. The van der Waals surface area contributed by atoms with Crippen molar-refractivity contribution in [3.8, 4) is 0 Å². The maximum absolute atomic E-state index is 10.9. The summed E-state index contributed by atoms with van der Waals surface area (Å²) >= 11 is 0. The van der Waals surface area contributed by atoms with Gasteiger partial charge in [0.2, 0.25) is 0 Å². The van der Waals surface area contributed by atoms with Gasteiger partial charge in [-0.25, -0.2) is 9.78 Å². The minimum absolute atomic E-state index is 0.00621. The normalized spacial score (nSPS) is 10.0. The van der Waals surface area contributed by atoms with Gasteiger partial charge in [0.05, 0.1) is 12.8 Å². The van der Waals surface area contributed by atoms with Crippen molar-refractivity contribution < 1.29 is 14.6 Å². The summed E-state index contributed by atoms with van der Waals surface area (Å²) in [6, 6.07) is 3.44. The van der Waals surface area contributed by atoms with Gasteiger partial charge in [-0.15, -0.1) is 0 Å². The van der Waals surface area contributed by atoms with E-state index in [-0.39, 0.29) is 12.4 Å². The van der Waals surface area contributed by atoms with Gasteiger partial charge in [0.25, 0.3) is 0 Å². The molecular formula is C9H11NO3. The number of nitrogens with zero attached hydrogens (tertiary/aromatic N) is 1. The summed E-state index contributed by atoms with van der Waals surface area (Å²) in [7, 11) is 1.43. The van der Waals surface area contributed by atoms with Crippen molar-refractivity contribution in [3.05, 3.63) is 29.6 Å². The molecule has 0 fully saturated rings. The summed E-state index contributed by atoms with van der Waals surface area (Å²) in [5.41, 5.74) is 1.33. The van der Waals surface area contributed by atoms with E-state index < -0.39 is 0 Å². The maximum Gasteiger partial charge on any atom is 0.161 e. The number of aromatic nitrogens is 1. The van der Waals surface area contributed by atoms with Crippen LogP contribution in [0.25, 0.3) is 0 Å². The number of ketones is 1. The van der Waals surface area contributed by atoms with Crippen molar-refractivity contribution in [2.45, 2.75) is 13.5 Å². The third-order valence-electron chi connectivity index (χ3n) is 1.56. The lowest BCUT2D eigenvalue weighted by Gasteiger charge is -2.00. The fraction of sp³-hybridized carbons (Fsp3) is 0.333. The van der Waals surface area contributed by atoms with Crippen molar-refractivity contribution in [2.24, 2.45) is 0 Å². The molecule has 0 spiro atoms. The van der Waals surface area contributed by atoms with E-state index in [1.807, 2.05) is 0 Å². The van der Waals surface area contributed by atoms with Crippen LogP contribution in [-0.4, -0.2) is 17.9 Å². The van der Waals surface area contributed by atoms with Gasteiger partial charge in [-0.2, -0.15) is 0 Å². The second kappa shape index (κ2) is 4.69. The highest BCUT2D eigenvalue weighted by Crippen LogP contribution is 2.02. The van der Waals surface area contributed by atoms with Crippen molar-refractivity contribution in [1.29, 1.82) is 0 Å². The lowest BCUT2D eigenvalue weighted by Crippen LogP contribution is -1.98. The number of Topliss-reactive ketones (excluding diaryl/α,β-unsaturated/α-hetero) is 1. The van der Waals surface area contributed by atoms with Gasteiger partial charge in [0, 0.05) is 11.8 Å². The second-order valence-electron chi connectivity index (χ2n) is 2.52. The number of carbonyl (C=O) groups is 1. The molecule has 0 aliphatic heterocycles. The molecule has 0 atom stereocenters. The summed E-state index contributed by atoms with van der Waals surface area (Å²) in [5.74, 6) is 0.00621. The van der Waals surface area contributed by atoms with Crippen LogP contribution in [0.1, 0.15) is 23.0 Å². The molecular weight excluding hydrogens is 170 g/mol. The average Bonchev–Trinajstić information content (AvgIpc) is 2.15. The molecule has 4 heteroatoms. The highest BCUT2D eigenvalue weighted by atomic mass is 17.2. The quantitative estimate of drug-likeness (QED) is 0.400. The Hall–Kier alpha value is -1.26. The maximum atomic E-state index is 10.9. The van der Waals surface area contributed by atoms with E-state index in [1.54, 1.807) is 12.1 Å². The van der Waals surface area contributed by atoms with Crippen LogP contribution in [0, 0.1) is 0 Å². The van der Waals surface area contributed by atoms with E-state index in [4.69, 9.17) is 0 Å². The number of pyridine rings is 1. The first-order valence-corrected chi connectivity index (χ1v) is 3.85. The highest BCUT2D eigenvalue weighted by Gasteiger charge is 1.99. The molecule has 13 heavy (non-hydrogen) atoms. The molecule has 0 aromatic carbocycles. The predicted molar refractivity (Wildman–Crippen MR) is 46.0 cm³/mol. The minimum Gasteiger partial charge on any atom is -0.294 e. The molecule has 0 saturated carbocycles. The number of hydrogen-bond acceptors (Lipinski definition) is 4. The van der Waals surface area contributed by atoms with Gasteiger partial charge < -0.3 is 0 Å². The van der Waals surface area contributed by atoms with Crippen LogP contribution in [0.15, 0.2) is 18.3 Å². The second-order valence-corrected chi connectivity index (χ2v) is 2.52. The van der Waals surface area contributed by atoms with E-state index in [1.165, 1.54) is 20.2 Å². The Morgan fingerprint density at radius 1 is 1.54 bits per heavy atom. The van der Waals surface area contributed by atoms with Crippen LogP contribution >= 0.6 is 0 Å². The molecule has 0 amide bonds. The Kier molecular flexibility index (Phi) is 3.54. The van der Waals surface area contributed by atoms with Crippen LogP contribution in [0.4, 0.5) is 0 Å². The minimum atomic E-state index is 0.00621. The average molecular weight is 181 g/mol. The topological polar surface area (TPSA) is 48.4 Å². The van der Waals surface area contributed by atoms with Gasteiger partial charge in [-0.05, 0) is 19.1 Å². The van der Waals surface area contributed by atoms with Gasteiger partial charge in [-0.3, -0.25) is 9.78 Å². The first-order valence-electron chi connectivity index (χ1n) is 3.85. The van der Waals surface area contributed by atoms with Crippen molar-refractivity contribution in [1.82, 2.24) is 4.98 Å². The molecule has 0 bridgehead atoms. The van der Waals surface area contributed by atoms with Crippen LogP contribution < -0.4 is 0 Å². The molecule has 0 saturated heterocycles. The Labute approximate surface area is 76.4 Å². The van der Waals surface area contributed by atoms with Crippen LogP contribution in [0.3, 0.4) is 0 Å². The summed E-state index contributed by atoms with van der Waals surface area (Å²) in [6.45, 7) is 1.79. The fourth-order valence-corrected chi connectivity index (χ4v) is 0.837. The SMILES string of the molecule is COOCc1ccc(C(C)=O)cn1. The summed E-state index contributed by atoms with van der Waals surface area (Å²) < 4.78 is 0. The number of rotatable bonds is 4. The number of hydrogen-bond donors (Lipinski definition) is 0. The summed E-state index contributed by atoms with van der Waals surface area (Å²) in [6.07, 6.45) is 1.52. The lowest BCUT2D eigenvalue weighted by molar-refractivity contribution is -0.282. The van der Waals surface area contributed by atoms with E-state index in [0.717, 1.165) is 5.69 Å². The first kappa shape index (κ1) is 9.83. The Bertz CT molecular complexity index is 281. The van der Waals surface area contributed by atoms with Gasteiger partial charge in [-0.1, -0.05) is 0 Å². The molecule has 0 aliphatic rings. The molecule has 70 valence electrons. The van der Waals surface area contributed by atoms with Gasteiger partial charge in [0.1, 0.15) is 6.61 Å². The molecule has 1 heterocycles. The predicted octanol–water partition coefficient (Wildman–Crippen LogP) is 1.36. The van der Waals surface area contributed by atoms with E-state index >= 15 is 0 Å². The first-order chi connectivity index (χ1) is 6.24. The standard InChI is InChI=1S/C9H11NO3/c1-7(11)8-3-4-9(10-5-8)6-13-12-2/h3-5H,6H2,1-2H3. The Morgan fingerprint density at radius 3 is 2.77 bits per heavy atom. The van der Waals surface area contributed by atoms with E-state index in [2.05, 4.69) is 14.8 Å². The van der Waals surface area contributed by atoms with Crippen molar-refractivity contribution >= 4 is 5.78 Å². The monoisotopic (exact) mass is 181 g/mol. The Morgan fingerprint density at radius 2 is 2.31 bits per heavy atom. The Balaban J connectivity index is 2.64. The summed E-state index contributed by atoms with van der Waals surface area (Å²) in [5, 5.41) is 0. The smallest absolute Gasteiger partial charge is 0.161 e. The molecule has 4 nitrogen and oxygen atoms in total. The van der Waals surface area contributed by atoms with Crippen molar-refractivity contribution in [3.63, 3.8) is 0 Å². The third kappa shape index (κ3) is 2.93. The van der Waals surface area contributed by atoms with Crippen molar-refractivity contribution in [2.75, 3.05) is 7.11 Å². The molecule has 1 rings (SSSR count). The highest BCUT2D eigenvalue weighted by molar-refractivity contribution is 5.93. The fourth-order valence-electron chi connectivity index (χ4n) is 0.837. The van der Waals surface area contributed by atoms with Crippen LogP contribution in [0.2, 0.25) is 0 Å². The molecule has 0 aliphatic carbocycles. The van der Waals surface area contributed by atoms with Crippen LogP contribution in [0.5, 0.6) is 0 Å². The molecule has 1 aromatic rings. The molecule has 1 aromatic heterocycles. The lowest BCUT2D eigenvalue weighted by atomic mass is 10.2. The zero-order valence-electron chi connectivity index (χ0n) is 7.61. The van der Waals surface area contributed by atoms with Gasteiger partial charge in [0.15, 0.2) is 5.78 Å². The van der Waals surface area contributed by atoms with E-state index in [0.29, 0.717) is 5.56 Å². The van der Waals surface area contributed by atoms with Crippen LogP contribution in [-0.2, 0) is 16.4 Å². The zero-order valence-corrected chi connectivity index (χ0v) is 7.61. The summed E-state index contributed by atoms with van der Waals surface area (Å²) in [4.78, 5) is 24.0. The largest absolute Gasteiger partial charge is 0.294 e. The third-order valence-corrected chi connectivity index (χ3v) is 1.56. The molecule has 0 radical (unpaired) electrons. The molecule has 0 N–H and O–H groups in total. The zero-order chi connectivity index (χ0) is 9.68. The van der Waals surface area contributed by atoms with E-state index in [9.17, 15) is 4.79 Å². The molecule has 0 unspecified atom stereocenters.